The van der Waals surface area contributed by atoms with Crippen molar-refractivity contribution in [1.29, 1.82) is 0 Å². The Morgan fingerprint density at radius 2 is 1.96 bits per heavy atom. The van der Waals surface area contributed by atoms with Crippen LogP contribution in [0.25, 0.3) is 16.9 Å². The first-order chi connectivity index (χ1) is 13.6. The molecule has 0 saturated carbocycles. The van der Waals surface area contributed by atoms with Crippen molar-refractivity contribution in [2.24, 2.45) is 0 Å². The molecular weight excluding hydrogens is 361 g/mol. The largest absolute Gasteiger partial charge is 0.481 e. The second-order valence-electron chi connectivity index (χ2n) is 6.10. The van der Waals surface area contributed by atoms with Gasteiger partial charge in [0.15, 0.2) is 0 Å². The lowest BCUT2D eigenvalue weighted by Crippen LogP contribution is -2.16. The molecule has 1 amide bonds. The van der Waals surface area contributed by atoms with Crippen LogP contribution >= 0.6 is 0 Å². The van der Waals surface area contributed by atoms with Crippen LogP contribution in [0.15, 0.2) is 55.0 Å². The van der Waals surface area contributed by atoms with Gasteiger partial charge in [0.2, 0.25) is 5.88 Å². The van der Waals surface area contributed by atoms with Crippen LogP contribution in [0.3, 0.4) is 0 Å². The summed E-state index contributed by atoms with van der Waals surface area (Å²) in [5.41, 5.74) is 3.00. The van der Waals surface area contributed by atoms with E-state index in [1.54, 1.807) is 22.7 Å². The molecule has 0 spiro atoms. The summed E-state index contributed by atoms with van der Waals surface area (Å²) in [7, 11) is 1.46. The van der Waals surface area contributed by atoms with Gasteiger partial charge in [0, 0.05) is 17.8 Å². The average molecular weight is 377 g/mol. The highest BCUT2D eigenvalue weighted by Gasteiger charge is 2.19. The molecule has 0 aliphatic heterocycles. The molecular formula is C20H16FN5O2. The summed E-state index contributed by atoms with van der Waals surface area (Å²) >= 11 is 0. The van der Waals surface area contributed by atoms with Crippen LogP contribution in [0.1, 0.15) is 16.1 Å². The first kappa shape index (κ1) is 17.6. The molecule has 0 aliphatic rings. The molecule has 3 heterocycles. The number of nitrogens with one attached hydrogen (secondary N) is 1. The predicted octanol–water partition coefficient (Wildman–Crippen LogP) is 3.50. The number of anilines is 1. The van der Waals surface area contributed by atoms with Crippen molar-refractivity contribution in [1.82, 2.24) is 19.4 Å². The summed E-state index contributed by atoms with van der Waals surface area (Å²) in [4.78, 5) is 25.4. The topological polar surface area (TPSA) is 81.4 Å². The molecule has 0 atom stereocenters. The van der Waals surface area contributed by atoms with Crippen LogP contribution in [-0.2, 0) is 0 Å². The quantitative estimate of drug-likeness (QED) is 0.589. The Kier molecular flexibility index (Phi) is 4.44. The van der Waals surface area contributed by atoms with Gasteiger partial charge in [0.25, 0.3) is 5.91 Å². The van der Waals surface area contributed by atoms with E-state index in [0.29, 0.717) is 22.7 Å². The number of ether oxygens (including phenoxy) is 1. The van der Waals surface area contributed by atoms with Gasteiger partial charge in [0.05, 0.1) is 7.11 Å². The Hall–Kier alpha value is -3.81. The zero-order chi connectivity index (χ0) is 19.7. The van der Waals surface area contributed by atoms with Gasteiger partial charge in [-0.05, 0) is 42.8 Å². The van der Waals surface area contributed by atoms with Gasteiger partial charge < -0.3 is 10.1 Å². The molecule has 140 valence electrons. The molecule has 0 aliphatic carbocycles. The van der Waals surface area contributed by atoms with Gasteiger partial charge in [-0.2, -0.15) is 0 Å². The highest BCUT2D eigenvalue weighted by Crippen LogP contribution is 2.30. The van der Waals surface area contributed by atoms with E-state index in [2.05, 4.69) is 20.3 Å². The van der Waals surface area contributed by atoms with Crippen molar-refractivity contribution in [3.63, 3.8) is 0 Å². The average Bonchev–Trinajstić information content (AvgIpc) is 3.08. The standard InChI is InChI=1S/C20H16FN5O2/c1-12-4-3-9-26-18(12)24-17(13-5-7-14(21)8-6-13)19(26)25-20(27)15-10-16(28-2)23-11-22-15/h3-11H,1-2H3,(H,25,27). The summed E-state index contributed by atoms with van der Waals surface area (Å²) in [6.07, 6.45) is 3.06. The number of carbonyl (C=O) groups is 1. The van der Waals surface area contributed by atoms with Crippen LogP contribution in [0.5, 0.6) is 5.88 Å². The third-order valence-electron chi connectivity index (χ3n) is 4.28. The zero-order valence-electron chi connectivity index (χ0n) is 15.2. The Bertz CT molecular complexity index is 1170. The smallest absolute Gasteiger partial charge is 0.275 e. The predicted molar refractivity (Wildman–Crippen MR) is 102 cm³/mol. The number of amides is 1. The summed E-state index contributed by atoms with van der Waals surface area (Å²) in [5.74, 6) is -0.0319. The van der Waals surface area contributed by atoms with Gasteiger partial charge in [-0.25, -0.2) is 19.3 Å². The second kappa shape index (κ2) is 7.07. The van der Waals surface area contributed by atoms with E-state index in [-0.39, 0.29) is 17.4 Å². The molecule has 28 heavy (non-hydrogen) atoms. The number of nitrogens with zero attached hydrogens (tertiary/aromatic N) is 4. The van der Waals surface area contributed by atoms with E-state index < -0.39 is 5.91 Å². The Morgan fingerprint density at radius 1 is 1.18 bits per heavy atom. The molecule has 0 radical (unpaired) electrons. The minimum absolute atomic E-state index is 0.152. The fourth-order valence-corrected chi connectivity index (χ4v) is 2.88. The number of hydrogen-bond donors (Lipinski definition) is 1. The molecule has 1 aromatic carbocycles. The molecule has 4 rings (SSSR count). The normalized spacial score (nSPS) is 10.8. The van der Waals surface area contributed by atoms with Crippen LogP contribution in [0.2, 0.25) is 0 Å². The number of carbonyl (C=O) groups excluding carboxylic acids is 1. The Morgan fingerprint density at radius 3 is 2.71 bits per heavy atom. The van der Waals surface area contributed by atoms with Gasteiger partial charge in [-0.1, -0.05) is 6.07 Å². The third kappa shape index (κ3) is 3.16. The maximum atomic E-state index is 13.4. The van der Waals surface area contributed by atoms with Gasteiger partial charge in [-0.3, -0.25) is 9.20 Å². The molecule has 3 aromatic heterocycles. The molecule has 1 N–H and O–H groups in total. The van der Waals surface area contributed by atoms with Crippen molar-refractivity contribution < 1.29 is 13.9 Å². The van der Waals surface area contributed by atoms with Crippen molar-refractivity contribution >= 4 is 17.4 Å². The number of fused-ring (bicyclic) bond motifs is 1. The SMILES string of the molecule is COc1cc(C(=O)Nc2c(-c3ccc(F)cc3)nc3c(C)cccn23)ncn1. The maximum Gasteiger partial charge on any atom is 0.275 e. The number of pyridine rings is 1. The number of halogens is 1. The molecule has 0 bridgehead atoms. The van der Waals surface area contributed by atoms with E-state index in [4.69, 9.17) is 4.74 Å². The Balaban J connectivity index is 1.82. The minimum Gasteiger partial charge on any atom is -0.481 e. The molecule has 0 fully saturated rings. The first-order valence-electron chi connectivity index (χ1n) is 8.48. The van der Waals surface area contributed by atoms with Crippen LogP contribution in [0.4, 0.5) is 10.2 Å². The molecule has 8 heteroatoms. The lowest BCUT2D eigenvalue weighted by Gasteiger charge is -2.08. The number of benzene rings is 1. The maximum absolute atomic E-state index is 13.4. The number of methoxy groups -OCH3 is 1. The van der Waals surface area contributed by atoms with Crippen LogP contribution in [0, 0.1) is 12.7 Å². The zero-order valence-corrected chi connectivity index (χ0v) is 15.2. The van der Waals surface area contributed by atoms with E-state index in [1.807, 2.05) is 19.1 Å². The molecule has 0 saturated heterocycles. The summed E-state index contributed by atoms with van der Waals surface area (Å²) in [6.45, 7) is 1.93. The summed E-state index contributed by atoms with van der Waals surface area (Å²) in [5, 5.41) is 2.86. The van der Waals surface area contributed by atoms with Crippen molar-refractivity contribution in [2.45, 2.75) is 6.92 Å². The second-order valence-corrected chi connectivity index (χ2v) is 6.10. The summed E-state index contributed by atoms with van der Waals surface area (Å²) < 4.78 is 20.2. The fourth-order valence-electron chi connectivity index (χ4n) is 2.88. The van der Waals surface area contributed by atoms with Gasteiger partial charge in [0.1, 0.15) is 35.0 Å². The molecule has 0 unspecified atom stereocenters. The number of hydrogen-bond acceptors (Lipinski definition) is 5. The molecule has 4 aromatic rings. The first-order valence-corrected chi connectivity index (χ1v) is 8.48. The monoisotopic (exact) mass is 377 g/mol. The highest BCUT2D eigenvalue weighted by molar-refractivity contribution is 6.04. The summed E-state index contributed by atoms with van der Waals surface area (Å²) in [6, 6.07) is 11.2. The highest BCUT2D eigenvalue weighted by atomic mass is 19.1. The fraction of sp³-hybridized carbons (Fsp3) is 0.100. The van der Waals surface area contributed by atoms with Crippen molar-refractivity contribution in [3.8, 4) is 17.1 Å². The lowest BCUT2D eigenvalue weighted by atomic mass is 10.1. The van der Waals surface area contributed by atoms with Crippen molar-refractivity contribution in [2.75, 3.05) is 12.4 Å². The Labute approximate surface area is 159 Å². The number of imidazole rings is 1. The van der Waals surface area contributed by atoms with E-state index >= 15 is 0 Å². The van der Waals surface area contributed by atoms with Gasteiger partial charge in [-0.15, -0.1) is 0 Å². The molecule has 7 nitrogen and oxygen atoms in total. The van der Waals surface area contributed by atoms with Crippen molar-refractivity contribution in [3.05, 3.63) is 72.1 Å². The van der Waals surface area contributed by atoms with E-state index in [0.717, 1.165) is 5.56 Å². The van der Waals surface area contributed by atoms with Crippen LogP contribution in [-0.4, -0.2) is 32.4 Å². The van der Waals surface area contributed by atoms with E-state index in [9.17, 15) is 9.18 Å². The number of rotatable bonds is 4. The van der Waals surface area contributed by atoms with E-state index in [1.165, 1.54) is 31.6 Å². The lowest BCUT2D eigenvalue weighted by molar-refractivity contribution is 0.102. The number of aryl methyl sites for hydroxylation is 1. The van der Waals surface area contributed by atoms with Gasteiger partial charge >= 0.3 is 0 Å². The van der Waals surface area contributed by atoms with Crippen LogP contribution < -0.4 is 10.1 Å². The minimum atomic E-state index is -0.438. The third-order valence-corrected chi connectivity index (χ3v) is 4.28. The number of aromatic nitrogens is 4.